The molecule has 0 bridgehead atoms. The van der Waals surface area contributed by atoms with E-state index < -0.39 is 5.09 Å². The van der Waals surface area contributed by atoms with Gasteiger partial charge in [-0.3, -0.25) is 0 Å². The van der Waals surface area contributed by atoms with E-state index in [1.54, 1.807) is 0 Å². The fourth-order valence-electron chi connectivity index (χ4n) is 0. The van der Waals surface area contributed by atoms with E-state index in [0.29, 0.717) is 0 Å². The SMILES string of the molecule is O.O=[N+]([O-])O.[Sc]. The molecular weight excluding hydrogens is 123 g/mol. The van der Waals surface area contributed by atoms with Gasteiger partial charge in [-0.25, -0.2) is 0 Å². The maximum atomic E-state index is 8.36. The summed E-state index contributed by atoms with van der Waals surface area (Å²) in [5, 5.41) is 13.6. The van der Waals surface area contributed by atoms with Crippen LogP contribution in [0, 0.1) is 10.1 Å². The van der Waals surface area contributed by atoms with Gasteiger partial charge in [0, 0.05) is 25.8 Å². The van der Waals surface area contributed by atoms with Gasteiger partial charge in [0.25, 0.3) is 5.09 Å². The van der Waals surface area contributed by atoms with E-state index in [1.165, 1.54) is 0 Å². The molecule has 0 unspecified atom stereocenters. The Kier molecular flexibility index (Phi) is 24.6. The molecule has 0 saturated heterocycles. The molecule has 1 radical (unpaired) electrons. The zero-order valence-electron chi connectivity index (χ0n) is 2.79. The molecule has 5 nitrogen and oxygen atoms in total. The molecule has 3 N–H and O–H groups in total. The first-order valence-corrected chi connectivity index (χ1v) is 0.565. The van der Waals surface area contributed by atoms with E-state index in [4.69, 9.17) is 15.3 Å². The van der Waals surface area contributed by atoms with E-state index in [-0.39, 0.29) is 31.3 Å². The van der Waals surface area contributed by atoms with Crippen molar-refractivity contribution in [2.45, 2.75) is 0 Å². The van der Waals surface area contributed by atoms with Gasteiger partial charge in [-0.2, -0.15) is 0 Å². The second-order valence-corrected chi connectivity index (χ2v) is 0.238. The number of hydrogen-bond donors (Lipinski definition) is 1. The van der Waals surface area contributed by atoms with Crippen LogP contribution in [0.1, 0.15) is 0 Å². The smallest absolute Gasteiger partial charge is 0.291 e. The third-order valence-corrected chi connectivity index (χ3v) is 0. The van der Waals surface area contributed by atoms with Gasteiger partial charge in [-0.05, 0) is 0 Å². The molecule has 0 amide bonds. The molecule has 0 aliphatic carbocycles. The van der Waals surface area contributed by atoms with Crippen molar-refractivity contribution in [1.29, 1.82) is 0 Å². The number of nitrogens with zero attached hydrogens (tertiary/aromatic N) is 1. The van der Waals surface area contributed by atoms with Crippen LogP contribution in [0.3, 0.4) is 0 Å². The Labute approximate surface area is 52.2 Å². The van der Waals surface area contributed by atoms with Crippen LogP contribution < -0.4 is 0 Å². The first-order chi connectivity index (χ1) is 1.73. The first kappa shape index (κ1) is 16.6. The van der Waals surface area contributed by atoms with Crippen LogP contribution in [0.5, 0.6) is 0 Å². The van der Waals surface area contributed by atoms with Crippen LogP contribution >= 0.6 is 0 Å². The summed E-state index contributed by atoms with van der Waals surface area (Å²) >= 11 is 0. The molecule has 0 spiro atoms. The average molecular weight is 126 g/mol. The van der Waals surface area contributed by atoms with Crippen LogP contribution in [-0.2, 0) is 25.8 Å². The van der Waals surface area contributed by atoms with Crippen molar-refractivity contribution in [3.05, 3.63) is 10.1 Å². The van der Waals surface area contributed by atoms with Crippen molar-refractivity contribution in [2.24, 2.45) is 0 Å². The number of rotatable bonds is 0. The van der Waals surface area contributed by atoms with Crippen LogP contribution in [0.15, 0.2) is 0 Å². The van der Waals surface area contributed by atoms with E-state index >= 15 is 0 Å². The molecule has 0 aliphatic rings. The normalized spacial score (nSPS) is 4.00. The Morgan fingerprint density at radius 2 is 1.67 bits per heavy atom. The summed E-state index contributed by atoms with van der Waals surface area (Å²) in [6, 6.07) is 0. The molecule has 0 fully saturated rings. The number of hydrogen-bond acceptors (Lipinski definition) is 2. The minimum atomic E-state index is -1.50. The largest absolute Gasteiger partial charge is 0.412 e. The van der Waals surface area contributed by atoms with Gasteiger partial charge in [-0.1, -0.05) is 0 Å². The maximum Gasteiger partial charge on any atom is 0.291 e. The van der Waals surface area contributed by atoms with E-state index in [9.17, 15) is 0 Å². The van der Waals surface area contributed by atoms with Gasteiger partial charge < -0.3 is 10.7 Å². The zero-order valence-corrected chi connectivity index (χ0v) is 4.59. The quantitative estimate of drug-likeness (QED) is 0.327. The van der Waals surface area contributed by atoms with Crippen molar-refractivity contribution in [3.8, 4) is 0 Å². The fourth-order valence-corrected chi connectivity index (χ4v) is 0. The summed E-state index contributed by atoms with van der Waals surface area (Å²) in [6.45, 7) is 0. The summed E-state index contributed by atoms with van der Waals surface area (Å²) < 4.78 is 0. The molecule has 0 aliphatic heterocycles. The first-order valence-electron chi connectivity index (χ1n) is 0.565. The zero-order chi connectivity index (χ0) is 3.58. The van der Waals surface area contributed by atoms with Crippen molar-refractivity contribution < 1.29 is 41.6 Å². The van der Waals surface area contributed by atoms with Gasteiger partial charge in [0.1, 0.15) is 0 Å². The van der Waals surface area contributed by atoms with Crippen molar-refractivity contribution in [2.75, 3.05) is 0 Å². The Morgan fingerprint density at radius 3 is 1.67 bits per heavy atom. The monoisotopic (exact) mass is 126 g/mol. The van der Waals surface area contributed by atoms with Crippen molar-refractivity contribution >= 4 is 0 Å². The summed E-state index contributed by atoms with van der Waals surface area (Å²) in [7, 11) is 0. The van der Waals surface area contributed by atoms with Gasteiger partial charge in [-0.15, -0.1) is 10.1 Å². The standard InChI is InChI=1S/HNO3.H2O.Sc/c2-1(3)4;;/h(H,2,3,4);1H2;. The minimum absolute atomic E-state index is 0. The Hall–Kier alpha value is 0.0301. The van der Waals surface area contributed by atoms with E-state index in [0.717, 1.165) is 0 Å². The van der Waals surface area contributed by atoms with E-state index in [2.05, 4.69) is 0 Å². The fraction of sp³-hybridized carbons (Fsp3) is 0. The molecule has 6 heteroatoms. The Bertz CT molecular complexity index is 30.5. The van der Waals surface area contributed by atoms with Crippen LogP contribution in [0.25, 0.3) is 0 Å². The predicted octanol–water partition coefficient (Wildman–Crippen LogP) is -1.17. The molecule has 0 heterocycles. The molecule has 0 aromatic carbocycles. The molecule has 0 saturated carbocycles. The molecular formula is H3NO4Sc. The minimum Gasteiger partial charge on any atom is -0.412 e. The van der Waals surface area contributed by atoms with Crippen LogP contribution in [-0.4, -0.2) is 15.8 Å². The molecule has 0 atom stereocenters. The summed E-state index contributed by atoms with van der Waals surface area (Å²) in [6.07, 6.45) is 0. The van der Waals surface area contributed by atoms with Gasteiger partial charge in [0.2, 0.25) is 0 Å². The third-order valence-electron chi connectivity index (χ3n) is 0. The third kappa shape index (κ3) is 40800. The molecule has 6 heavy (non-hydrogen) atoms. The molecule has 0 aromatic rings. The van der Waals surface area contributed by atoms with Gasteiger partial charge in [0.05, 0.1) is 0 Å². The van der Waals surface area contributed by atoms with Gasteiger partial charge >= 0.3 is 0 Å². The summed E-state index contributed by atoms with van der Waals surface area (Å²) in [5.74, 6) is 0. The summed E-state index contributed by atoms with van der Waals surface area (Å²) in [5.41, 5.74) is 0. The Balaban J connectivity index is -0.0000000450. The second-order valence-electron chi connectivity index (χ2n) is 0.238. The maximum absolute atomic E-state index is 8.36. The second kappa shape index (κ2) is 8.90. The average Bonchev–Trinajstić information content (AvgIpc) is 0.811. The van der Waals surface area contributed by atoms with Crippen molar-refractivity contribution in [1.82, 2.24) is 0 Å². The Morgan fingerprint density at radius 1 is 1.67 bits per heavy atom. The van der Waals surface area contributed by atoms with Crippen LogP contribution in [0.2, 0.25) is 0 Å². The van der Waals surface area contributed by atoms with Gasteiger partial charge in [0.15, 0.2) is 0 Å². The molecule has 0 rings (SSSR count). The predicted molar refractivity (Wildman–Crippen MR) is 12.4 cm³/mol. The van der Waals surface area contributed by atoms with E-state index in [1.807, 2.05) is 0 Å². The summed E-state index contributed by atoms with van der Waals surface area (Å²) in [4.78, 5) is 8.36. The van der Waals surface area contributed by atoms with Crippen molar-refractivity contribution in [3.63, 3.8) is 0 Å². The molecule has 0 aromatic heterocycles. The topological polar surface area (TPSA) is 94.9 Å². The van der Waals surface area contributed by atoms with Crippen LogP contribution in [0.4, 0.5) is 0 Å². The molecule has 35 valence electrons.